The highest BCUT2D eigenvalue weighted by Crippen LogP contribution is 2.23. The van der Waals surface area contributed by atoms with Gasteiger partial charge >= 0.3 is 12.2 Å². The number of carbonyl (C=O) groups is 3. The third kappa shape index (κ3) is 3.21. The van der Waals surface area contributed by atoms with Crippen LogP contribution in [0.2, 0.25) is 0 Å². The van der Waals surface area contributed by atoms with Gasteiger partial charge in [-0.2, -0.15) is 13.2 Å². The fraction of sp³-hybridized carbons (Fsp3) is 0.700. The number of halogens is 3. The molecule has 1 fully saturated rings. The van der Waals surface area contributed by atoms with Crippen LogP contribution < -0.4 is 5.32 Å². The Kier molecular flexibility index (Phi) is 3.98. The summed E-state index contributed by atoms with van der Waals surface area (Å²) in [5.41, 5.74) is 0. The van der Waals surface area contributed by atoms with Crippen molar-refractivity contribution in [1.82, 2.24) is 10.2 Å². The maximum atomic E-state index is 12.1. The summed E-state index contributed by atoms with van der Waals surface area (Å²) < 4.78 is 36.2. The number of hydrogen-bond donors (Lipinski definition) is 1. The number of carbonyl (C=O) groups excluding carboxylic acids is 3. The van der Waals surface area contributed by atoms with Crippen LogP contribution in [-0.4, -0.2) is 35.5 Å². The molecule has 0 spiro atoms. The summed E-state index contributed by atoms with van der Waals surface area (Å²) in [7, 11) is 0. The van der Waals surface area contributed by atoms with Gasteiger partial charge in [-0.25, -0.2) is 4.79 Å². The number of nitrogens with zero attached hydrogens (tertiary/aromatic N) is 1. The molecule has 102 valence electrons. The average Bonchev–Trinajstić information content (AvgIpc) is 2.13. The van der Waals surface area contributed by atoms with E-state index in [1.807, 2.05) is 5.32 Å². The highest BCUT2D eigenvalue weighted by Gasteiger charge is 2.43. The highest BCUT2D eigenvalue weighted by molar-refractivity contribution is 6.16. The van der Waals surface area contributed by atoms with Gasteiger partial charge in [0.15, 0.2) is 0 Å². The molecule has 5 nitrogen and oxygen atoms in total. The Morgan fingerprint density at radius 1 is 1.28 bits per heavy atom. The normalized spacial score (nSPS) is 21.6. The quantitative estimate of drug-likeness (QED) is 0.783. The second-order valence-electron chi connectivity index (χ2n) is 4.37. The van der Waals surface area contributed by atoms with E-state index < -0.39 is 42.9 Å². The van der Waals surface area contributed by atoms with Crippen molar-refractivity contribution >= 4 is 17.8 Å². The second-order valence-corrected chi connectivity index (χ2v) is 4.37. The molecule has 8 heteroatoms. The lowest BCUT2D eigenvalue weighted by Gasteiger charge is -2.31. The van der Waals surface area contributed by atoms with E-state index in [2.05, 4.69) is 0 Å². The van der Waals surface area contributed by atoms with Crippen LogP contribution in [0, 0.1) is 11.8 Å². The molecule has 0 aromatic heterocycles. The van der Waals surface area contributed by atoms with E-state index in [4.69, 9.17) is 0 Å². The maximum Gasteiger partial charge on any atom is 0.390 e. The Bertz CT molecular complexity index is 379. The number of hydrogen-bond acceptors (Lipinski definition) is 3. The van der Waals surface area contributed by atoms with Crippen LogP contribution in [0.4, 0.5) is 18.0 Å². The van der Waals surface area contributed by atoms with Crippen LogP contribution in [0.3, 0.4) is 0 Å². The summed E-state index contributed by atoms with van der Waals surface area (Å²) in [5.74, 6) is -3.14. The number of rotatable bonds is 3. The third-order valence-corrected chi connectivity index (χ3v) is 2.58. The second kappa shape index (κ2) is 4.95. The molecule has 1 aliphatic heterocycles. The predicted octanol–water partition coefficient (Wildman–Crippen LogP) is 1.29. The Hall–Kier alpha value is -1.60. The van der Waals surface area contributed by atoms with Gasteiger partial charge in [-0.15, -0.1) is 0 Å². The summed E-state index contributed by atoms with van der Waals surface area (Å²) in [4.78, 5) is 34.9. The van der Waals surface area contributed by atoms with Crippen molar-refractivity contribution in [3.63, 3.8) is 0 Å². The summed E-state index contributed by atoms with van der Waals surface area (Å²) in [6, 6.07) is -1.09. The van der Waals surface area contributed by atoms with Crippen LogP contribution >= 0.6 is 0 Å². The van der Waals surface area contributed by atoms with E-state index >= 15 is 0 Å². The number of amides is 4. The lowest BCUT2D eigenvalue weighted by molar-refractivity contribution is -0.150. The molecule has 1 heterocycles. The number of alkyl halides is 3. The van der Waals surface area contributed by atoms with Crippen molar-refractivity contribution < 1.29 is 27.6 Å². The first-order valence-electron chi connectivity index (χ1n) is 5.36. The van der Waals surface area contributed by atoms with Crippen molar-refractivity contribution in [2.24, 2.45) is 11.8 Å². The van der Waals surface area contributed by atoms with Gasteiger partial charge < -0.3 is 0 Å². The topological polar surface area (TPSA) is 66.5 Å². The first kappa shape index (κ1) is 14.5. The molecule has 0 aliphatic carbocycles. The fourth-order valence-electron chi connectivity index (χ4n) is 1.67. The number of urea groups is 1. The van der Waals surface area contributed by atoms with E-state index in [-0.39, 0.29) is 5.92 Å². The van der Waals surface area contributed by atoms with Crippen molar-refractivity contribution in [2.75, 3.05) is 6.54 Å². The molecule has 1 N–H and O–H groups in total. The van der Waals surface area contributed by atoms with Crippen LogP contribution in [0.1, 0.15) is 20.3 Å². The number of barbiturate groups is 1. The van der Waals surface area contributed by atoms with Gasteiger partial charge in [0.05, 0.1) is 6.42 Å². The van der Waals surface area contributed by atoms with Gasteiger partial charge in [0.2, 0.25) is 11.8 Å². The molecule has 18 heavy (non-hydrogen) atoms. The first-order valence-corrected chi connectivity index (χ1v) is 5.36. The molecular formula is C10H13F3N2O3. The lowest BCUT2D eigenvalue weighted by atomic mass is 9.92. The molecule has 4 amide bonds. The average molecular weight is 266 g/mol. The van der Waals surface area contributed by atoms with Gasteiger partial charge in [-0.1, -0.05) is 13.8 Å². The molecule has 1 aliphatic rings. The van der Waals surface area contributed by atoms with Crippen molar-refractivity contribution in [1.29, 1.82) is 0 Å². The van der Waals surface area contributed by atoms with E-state index in [0.717, 1.165) is 0 Å². The molecule has 0 bridgehead atoms. The van der Waals surface area contributed by atoms with Crippen molar-refractivity contribution in [3.05, 3.63) is 0 Å². The largest absolute Gasteiger partial charge is 0.390 e. The molecular weight excluding hydrogens is 253 g/mol. The van der Waals surface area contributed by atoms with E-state index in [1.54, 1.807) is 13.8 Å². The standard InChI is InChI=1S/C10H13F3N2O3/c1-5(2)6-7(16)14-9(18)15(8(6)17)4-3-10(11,12)13/h5-6H,3-4H2,1-2H3,(H,14,16,18). The lowest BCUT2D eigenvalue weighted by Crippen LogP contribution is -2.59. The SMILES string of the molecule is CC(C)C1C(=O)NC(=O)N(CCC(F)(F)F)C1=O. The molecule has 0 radical (unpaired) electrons. The molecule has 0 aromatic carbocycles. The zero-order valence-electron chi connectivity index (χ0n) is 9.87. The van der Waals surface area contributed by atoms with Crippen LogP contribution in [0.15, 0.2) is 0 Å². The van der Waals surface area contributed by atoms with Gasteiger partial charge in [-0.05, 0) is 5.92 Å². The minimum Gasteiger partial charge on any atom is -0.277 e. The van der Waals surface area contributed by atoms with Gasteiger partial charge in [0.1, 0.15) is 5.92 Å². The Morgan fingerprint density at radius 3 is 2.28 bits per heavy atom. The third-order valence-electron chi connectivity index (χ3n) is 2.58. The fourth-order valence-corrected chi connectivity index (χ4v) is 1.67. The zero-order valence-corrected chi connectivity index (χ0v) is 9.87. The summed E-state index contributed by atoms with van der Waals surface area (Å²) in [5, 5.41) is 1.89. The molecule has 1 saturated heterocycles. The van der Waals surface area contributed by atoms with E-state index in [1.165, 1.54) is 0 Å². The van der Waals surface area contributed by atoms with Crippen LogP contribution in [0.25, 0.3) is 0 Å². The van der Waals surface area contributed by atoms with Gasteiger partial charge in [0.25, 0.3) is 0 Å². The molecule has 1 rings (SSSR count). The van der Waals surface area contributed by atoms with E-state index in [9.17, 15) is 27.6 Å². The molecule has 0 aromatic rings. The van der Waals surface area contributed by atoms with Gasteiger partial charge in [-0.3, -0.25) is 19.8 Å². The number of nitrogens with one attached hydrogen (secondary N) is 1. The minimum atomic E-state index is -4.46. The Balaban J connectivity index is 2.81. The summed E-state index contributed by atoms with van der Waals surface area (Å²) in [6.45, 7) is 2.39. The smallest absolute Gasteiger partial charge is 0.277 e. The molecule has 1 unspecified atom stereocenters. The van der Waals surface area contributed by atoms with Gasteiger partial charge in [0, 0.05) is 6.54 Å². The Morgan fingerprint density at radius 2 is 1.83 bits per heavy atom. The first-order chi connectivity index (χ1) is 8.13. The Labute approximate surface area is 101 Å². The monoisotopic (exact) mass is 266 g/mol. The summed E-state index contributed by atoms with van der Waals surface area (Å²) in [6.07, 6.45) is -5.75. The number of imide groups is 2. The predicted molar refractivity (Wildman–Crippen MR) is 54.3 cm³/mol. The van der Waals surface area contributed by atoms with Crippen LogP contribution in [0.5, 0.6) is 0 Å². The summed E-state index contributed by atoms with van der Waals surface area (Å²) >= 11 is 0. The van der Waals surface area contributed by atoms with E-state index in [0.29, 0.717) is 4.90 Å². The molecule has 1 atom stereocenters. The maximum absolute atomic E-state index is 12.1. The van der Waals surface area contributed by atoms with Crippen LogP contribution in [-0.2, 0) is 9.59 Å². The molecule has 0 saturated carbocycles. The van der Waals surface area contributed by atoms with Crippen molar-refractivity contribution in [2.45, 2.75) is 26.4 Å². The highest BCUT2D eigenvalue weighted by atomic mass is 19.4. The zero-order chi connectivity index (χ0) is 14.1. The van der Waals surface area contributed by atoms with Crippen molar-refractivity contribution in [3.8, 4) is 0 Å². The minimum absolute atomic E-state index is 0.390.